The van der Waals surface area contributed by atoms with Gasteiger partial charge >= 0.3 is 0 Å². The van der Waals surface area contributed by atoms with Gasteiger partial charge < -0.3 is 10.6 Å². The van der Waals surface area contributed by atoms with Crippen molar-refractivity contribution in [2.24, 2.45) is 11.7 Å². The molecule has 0 amide bonds. The third-order valence-corrected chi connectivity index (χ3v) is 11.3. The van der Waals surface area contributed by atoms with Crippen molar-refractivity contribution in [3.05, 3.63) is 209 Å². The zero-order chi connectivity index (χ0) is 34.1. The summed E-state index contributed by atoms with van der Waals surface area (Å²) in [6.07, 6.45) is 27.6. The Bertz CT molecular complexity index is 2210. The fourth-order valence-corrected chi connectivity index (χ4v) is 8.64. The number of fused-ring (bicyclic) bond motifs is 5. The average Bonchev–Trinajstić information content (AvgIpc) is 3.53. The van der Waals surface area contributed by atoms with Crippen molar-refractivity contribution in [2.45, 2.75) is 37.3 Å². The van der Waals surface area contributed by atoms with Gasteiger partial charge in [-0.3, -0.25) is 5.32 Å². The number of hydrogen-bond donors (Lipinski definition) is 2. The van der Waals surface area contributed by atoms with E-state index in [1.54, 1.807) is 0 Å². The number of rotatable bonds is 7. The summed E-state index contributed by atoms with van der Waals surface area (Å²) < 4.78 is 0. The quantitative estimate of drug-likeness (QED) is 0.207. The first-order chi connectivity index (χ1) is 25.2. The molecule has 0 aromatic heterocycles. The first kappa shape index (κ1) is 31.3. The van der Waals surface area contributed by atoms with E-state index in [1.165, 1.54) is 55.8 Å². The predicted molar refractivity (Wildman–Crippen MR) is 214 cm³/mol. The summed E-state index contributed by atoms with van der Waals surface area (Å²) in [6, 6.07) is 38.0. The van der Waals surface area contributed by atoms with Crippen molar-refractivity contribution in [2.75, 3.05) is 11.6 Å². The third-order valence-electron chi connectivity index (χ3n) is 11.3. The second-order valence-corrected chi connectivity index (χ2v) is 14.1. The second kappa shape index (κ2) is 13.6. The maximum atomic E-state index is 6.90. The molecule has 3 heteroatoms. The number of benzene rings is 4. The summed E-state index contributed by atoms with van der Waals surface area (Å²) >= 11 is 0. The molecule has 0 saturated heterocycles. The lowest BCUT2D eigenvalue weighted by molar-refractivity contribution is 0.574. The van der Waals surface area contributed by atoms with Gasteiger partial charge in [0.25, 0.3) is 0 Å². The van der Waals surface area contributed by atoms with Gasteiger partial charge in [0.15, 0.2) is 0 Å². The first-order valence-corrected chi connectivity index (χ1v) is 18.4. The minimum atomic E-state index is 0.0241. The molecule has 0 radical (unpaired) electrons. The number of hydrogen-bond acceptors (Lipinski definition) is 3. The van der Waals surface area contributed by atoms with Crippen LogP contribution in [-0.2, 0) is 0 Å². The molecule has 4 aromatic carbocycles. The van der Waals surface area contributed by atoms with Crippen LogP contribution in [0, 0.1) is 5.92 Å². The van der Waals surface area contributed by atoms with Crippen LogP contribution in [-0.4, -0.2) is 18.8 Å². The largest absolute Gasteiger partial charge is 0.401 e. The zero-order valence-electron chi connectivity index (χ0n) is 28.8. The van der Waals surface area contributed by atoms with Crippen LogP contribution in [0.2, 0.25) is 0 Å². The number of anilines is 1. The molecule has 1 heterocycles. The Hall–Kier alpha value is -5.64. The van der Waals surface area contributed by atoms with Crippen molar-refractivity contribution in [3.63, 3.8) is 0 Å². The molecule has 3 nitrogen and oxygen atoms in total. The Morgan fingerprint density at radius 3 is 2.24 bits per heavy atom. The molecule has 0 fully saturated rings. The molecule has 4 aromatic rings. The van der Waals surface area contributed by atoms with Crippen molar-refractivity contribution < 1.29 is 0 Å². The number of nitrogens with two attached hydrogens (primary N) is 1. The van der Waals surface area contributed by atoms with Crippen LogP contribution in [0.1, 0.15) is 47.4 Å². The van der Waals surface area contributed by atoms with E-state index in [-0.39, 0.29) is 23.9 Å². The van der Waals surface area contributed by atoms with Gasteiger partial charge in [0.1, 0.15) is 0 Å². The highest BCUT2D eigenvalue weighted by Gasteiger charge is 2.42. The van der Waals surface area contributed by atoms with Crippen LogP contribution >= 0.6 is 0 Å². The Kier molecular flexibility index (Phi) is 8.35. The maximum Gasteiger partial charge on any atom is 0.0696 e. The average molecular weight is 662 g/mol. The highest BCUT2D eigenvalue weighted by Crippen LogP contribution is 2.52. The molecule has 5 aliphatic rings. The van der Waals surface area contributed by atoms with Gasteiger partial charge in [-0.2, -0.15) is 0 Å². The number of nitrogens with zero attached hydrogens (tertiary/aromatic N) is 1. The molecular weight excluding hydrogens is 619 g/mol. The smallest absolute Gasteiger partial charge is 0.0696 e. The summed E-state index contributed by atoms with van der Waals surface area (Å²) in [5, 5.41) is 3.96. The number of allylic oxidation sites excluding steroid dienone is 11. The van der Waals surface area contributed by atoms with Crippen LogP contribution < -0.4 is 16.0 Å². The molecule has 250 valence electrons. The lowest BCUT2D eigenvalue weighted by Crippen LogP contribution is -2.45. The van der Waals surface area contributed by atoms with E-state index >= 15 is 0 Å². The van der Waals surface area contributed by atoms with Gasteiger partial charge in [-0.25, -0.2) is 0 Å². The number of nitrogens with one attached hydrogen (secondary N) is 1. The molecule has 4 atom stereocenters. The summed E-state index contributed by atoms with van der Waals surface area (Å²) in [5.74, 6) is 0.462. The van der Waals surface area contributed by atoms with E-state index in [4.69, 9.17) is 5.73 Å². The summed E-state index contributed by atoms with van der Waals surface area (Å²) in [7, 11) is 0. The molecule has 9 rings (SSSR count). The zero-order valence-corrected chi connectivity index (χ0v) is 28.8. The minimum absolute atomic E-state index is 0.0241. The van der Waals surface area contributed by atoms with E-state index in [1.807, 2.05) is 0 Å². The molecule has 51 heavy (non-hydrogen) atoms. The van der Waals surface area contributed by atoms with E-state index in [9.17, 15) is 0 Å². The van der Waals surface area contributed by atoms with E-state index in [2.05, 4.69) is 180 Å². The Labute approximate surface area is 301 Å². The summed E-state index contributed by atoms with van der Waals surface area (Å²) in [5.41, 5.74) is 22.5. The second-order valence-electron chi connectivity index (χ2n) is 14.1. The predicted octanol–water partition coefficient (Wildman–Crippen LogP) is 10.3. The molecule has 0 saturated carbocycles. The molecule has 3 N–H and O–H groups in total. The molecule has 1 aliphatic heterocycles. The Morgan fingerprint density at radius 1 is 0.706 bits per heavy atom. The van der Waals surface area contributed by atoms with Crippen LogP contribution in [0.4, 0.5) is 5.69 Å². The molecule has 0 bridgehead atoms. The normalized spacial score (nSPS) is 23.9. The fraction of sp³-hybridized carbons (Fsp3) is 0.167. The third kappa shape index (κ3) is 5.88. The minimum Gasteiger partial charge on any atom is -0.401 e. The highest BCUT2D eigenvalue weighted by molar-refractivity contribution is 5.89. The fourth-order valence-electron chi connectivity index (χ4n) is 8.64. The van der Waals surface area contributed by atoms with Crippen LogP contribution in [0.5, 0.6) is 0 Å². The van der Waals surface area contributed by atoms with Crippen molar-refractivity contribution >= 4 is 16.8 Å². The Morgan fingerprint density at radius 2 is 1.45 bits per heavy atom. The van der Waals surface area contributed by atoms with Crippen LogP contribution in [0.3, 0.4) is 0 Å². The molecule has 4 unspecified atom stereocenters. The highest BCUT2D eigenvalue weighted by atomic mass is 15.3. The monoisotopic (exact) mass is 661 g/mol. The van der Waals surface area contributed by atoms with Gasteiger partial charge in [-0.05, 0) is 81.0 Å². The maximum absolute atomic E-state index is 6.90. The van der Waals surface area contributed by atoms with Gasteiger partial charge in [0.05, 0.1) is 18.8 Å². The van der Waals surface area contributed by atoms with E-state index in [0.29, 0.717) is 6.67 Å². The van der Waals surface area contributed by atoms with Crippen molar-refractivity contribution in [1.82, 2.24) is 5.32 Å². The lowest BCUT2D eigenvalue weighted by Gasteiger charge is -2.36. The van der Waals surface area contributed by atoms with Gasteiger partial charge in [-0.1, -0.05) is 164 Å². The molecule has 4 aliphatic carbocycles. The van der Waals surface area contributed by atoms with Gasteiger partial charge in [0.2, 0.25) is 0 Å². The molecule has 0 spiro atoms. The van der Waals surface area contributed by atoms with E-state index < -0.39 is 0 Å². The van der Waals surface area contributed by atoms with Crippen LogP contribution in [0.25, 0.3) is 22.3 Å². The first-order valence-electron chi connectivity index (χ1n) is 18.4. The molecular formula is C48H43N3. The lowest BCUT2D eigenvalue weighted by atomic mass is 9.75. The summed E-state index contributed by atoms with van der Waals surface area (Å²) in [6.45, 7) is 0.690. The van der Waals surface area contributed by atoms with Crippen molar-refractivity contribution in [3.8, 4) is 11.1 Å². The standard InChI is InChI=1S/C48H43N3/c49-48(37-18-8-3-9-19-37)41-22-12-13-23-44(41)50-32-51-45-30-38(34-16-6-2-7-17-34)28-29-42(45)47-40-21-11-10-20-39(40)43(31-46(47)51)36-26-24-35(25-27-36)33-14-4-1-5-15-33/h1-18,20-24,26,28-31,37,44,46-47,50H,19,25,27,32,49H2/b48-41-. The van der Waals surface area contributed by atoms with Gasteiger partial charge in [-0.15, -0.1) is 0 Å². The Balaban J connectivity index is 1.11. The summed E-state index contributed by atoms with van der Waals surface area (Å²) in [4.78, 5) is 2.61. The SMILES string of the molecule is N/C(=C1/C=CC=CC1NCN1c2cc(-c3ccccc3)ccc2C2c3ccccc3C(C3=CC=C(c4ccccc4)CC3)=CC21)C1C=CC=CC1. The van der Waals surface area contributed by atoms with E-state index in [0.717, 1.165) is 30.5 Å². The topological polar surface area (TPSA) is 41.3 Å². The van der Waals surface area contributed by atoms with Gasteiger partial charge in [0, 0.05) is 23.2 Å². The van der Waals surface area contributed by atoms with Crippen molar-refractivity contribution in [1.29, 1.82) is 0 Å². The van der Waals surface area contributed by atoms with Crippen LogP contribution in [0.15, 0.2) is 187 Å².